The standard InChI is InChI=1S/C9H22N2O2/c10-11-6-5-9(3-1-7-12)4-2-8-13/h9,11-13H,1-8,10H2. The molecule has 80 valence electrons. The van der Waals surface area contributed by atoms with Crippen molar-refractivity contribution in [3.05, 3.63) is 0 Å². The number of hydrogen-bond acceptors (Lipinski definition) is 4. The summed E-state index contributed by atoms with van der Waals surface area (Å²) < 4.78 is 0. The van der Waals surface area contributed by atoms with Crippen LogP contribution in [0, 0.1) is 5.92 Å². The van der Waals surface area contributed by atoms with Crippen LogP contribution in [-0.2, 0) is 0 Å². The molecule has 0 aromatic heterocycles. The van der Waals surface area contributed by atoms with Crippen molar-refractivity contribution in [1.29, 1.82) is 0 Å². The first kappa shape index (κ1) is 12.8. The van der Waals surface area contributed by atoms with Crippen LogP contribution in [-0.4, -0.2) is 30.0 Å². The molecule has 0 amide bonds. The van der Waals surface area contributed by atoms with E-state index in [9.17, 15) is 0 Å². The molecule has 0 aromatic rings. The highest BCUT2D eigenvalue weighted by atomic mass is 16.3. The van der Waals surface area contributed by atoms with E-state index in [0.29, 0.717) is 5.92 Å². The number of hydrazine groups is 1. The van der Waals surface area contributed by atoms with Crippen molar-refractivity contribution in [1.82, 2.24) is 5.43 Å². The van der Waals surface area contributed by atoms with Gasteiger partial charge in [0.25, 0.3) is 0 Å². The predicted octanol–water partition coefficient (Wildman–Crippen LogP) is 0.001000. The Hall–Kier alpha value is -0.160. The van der Waals surface area contributed by atoms with Gasteiger partial charge in [-0.2, -0.15) is 0 Å². The second-order valence-electron chi connectivity index (χ2n) is 3.34. The maximum Gasteiger partial charge on any atom is 0.0431 e. The minimum atomic E-state index is 0.256. The highest BCUT2D eigenvalue weighted by Gasteiger charge is 2.07. The van der Waals surface area contributed by atoms with Crippen LogP contribution in [0.25, 0.3) is 0 Å². The molecule has 4 heteroatoms. The fraction of sp³-hybridized carbons (Fsp3) is 1.00. The fourth-order valence-corrected chi connectivity index (χ4v) is 1.48. The Balaban J connectivity index is 3.47. The first-order chi connectivity index (χ1) is 6.35. The predicted molar refractivity (Wildman–Crippen MR) is 52.9 cm³/mol. The minimum Gasteiger partial charge on any atom is -0.396 e. The van der Waals surface area contributed by atoms with Crippen molar-refractivity contribution < 1.29 is 10.2 Å². The zero-order valence-corrected chi connectivity index (χ0v) is 8.21. The monoisotopic (exact) mass is 190 g/mol. The van der Waals surface area contributed by atoms with Crippen molar-refractivity contribution >= 4 is 0 Å². The van der Waals surface area contributed by atoms with E-state index in [4.69, 9.17) is 16.1 Å². The van der Waals surface area contributed by atoms with Gasteiger partial charge in [0.05, 0.1) is 0 Å². The van der Waals surface area contributed by atoms with Gasteiger partial charge in [-0.1, -0.05) is 0 Å². The molecule has 0 aliphatic carbocycles. The van der Waals surface area contributed by atoms with Crippen molar-refractivity contribution in [2.24, 2.45) is 11.8 Å². The highest BCUT2D eigenvalue weighted by molar-refractivity contribution is 4.60. The molecule has 0 saturated carbocycles. The third kappa shape index (κ3) is 8.18. The van der Waals surface area contributed by atoms with Gasteiger partial charge in [-0.05, 0) is 38.0 Å². The number of nitrogens with one attached hydrogen (secondary N) is 1. The van der Waals surface area contributed by atoms with Gasteiger partial charge in [-0.25, -0.2) is 0 Å². The van der Waals surface area contributed by atoms with Crippen LogP contribution < -0.4 is 11.3 Å². The van der Waals surface area contributed by atoms with Crippen LogP contribution in [0.15, 0.2) is 0 Å². The fourth-order valence-electron chi connectivity index (χ4n) is 1.48. The number of aliphatic hydroxyl groups is 2. The molecule has 0 fully saturated rings. The smallest absolute Gasteiger partial charge is 0.0431 e. The molecule has 0 spiro atoms. The first-order valence-corrected chi connectivity index (χ1v) is 5.00. The zero-order chi connectivity index (χ0) is 9.94. The van der Waals surface area contributed by atoms with Crippen molar-refractivity contribution in [3.8, 4) is 0 Å². The van der Waals surface area contributed by atoms with Gasteiger partial charge in [0, 0.05) is 19.8 Å². The van der Waals surface area contributed by atoms with Crippen LogP contribution >= 0.6 is 0 Å². The van der Waals surface area contributed by atoms with E-state index in [-0.39, 0.29) is 13.2 Å². The molecule has 0 radical (unpaired) electrons. The maximum absolute atomic E-state index is 8.68. The number of nitrogens with two attached hydrogens (primary N) is 1. The summed E-state index contributed by atoms with van der Waals surface area (Å²) in [7, 11) is 0. The van der Waals surface area contributed by atoms with E-state index < -0.39 is 0 Å². The van der Waals surface area contributed by atoms with Gasteiger partial charge in [-0.3, -0.25) is 11.3 Å². The van der Waals surface area contributed by atoms with E-state index in [1.807, 2.05) is 0 Å². The van der Waals surface area contributed by atoms with Crippen molar-refractivity contribution in [3.63, 3.8) is 0 Å². The van der Waals surface area contributed by atoms with E-state index in [2.05, 4.69) is 5.43 Å². The molecule has 0 aliphatic heterocycles. The summed E-state index contributed by atoms with van der Waals surface area (Å²) in [6, 6.07) is 0. The Kier molecular flexibility index (Phi) is 9.80. The van der Waals surface area contributed by atoms with Crippen LogP contribution in [0.3, 0.4) is 0 Å². The van der Waals surface area contributed by atoms with Gasteiger partial charge in [0.15, 0.2) is 0 Å². The average Bonchev–Trinajstić information content (AvgIpc) is 2.17. The normalized spacial score (nSPS) is 11.1. The van der Waals surface area contributed by atoms with Crippen LogP contribution in [0.1, 0.15) is 32.1 Å². The highest BCUT2D eigenvalue weighted by Crippen LogP contribution is 2.16. The lowest BCUT2D eigenvalue weighted by molar-refractivity contribution is 0.244. The van der Waals surface area contributed by atoms with Crippen LogP contribution in [0.5, 0.6) is 0 Å². The average molecular weight is 190 g/mol. The zero-order valence-electron chi connectivity index (χ0n) is 8.21. The quantitative estimate of drug-likeness (QED) is 0.305. The lowest BCUT2D eigenvalue weighted by atomic mass is 9.94. The molecule has 0 aliphatic rings. The molecule has 0 unspecified atom stereocenters. The third-order valence-electron chi connectivity index (χ3n) is 2.24. The SMILES string of the molecule is NNCCC(CCCO)CCCO. The summed E-state index contributed by atoms with van der Waals surface area (Å²) in [5.74, 6) is 5.76. The topological polar surface area (TPSA) is 78.5 Å². The van der Waals surface area contributed by atoms with Gasteiger partial charge >= 0.3 is 0 Å². The van der Waals surface area contributed by atoms with Gasteiger partial charge in [-0.15, -0.1) is 0 Å². The molecular formula is C9H22N2O2. The molecular weight excluding hydrogens is 168 g/mol. The Bertz CT molecular complexity index is 82.6. The van der Waals surface area contributed by atoms with E-state index in [1.54, 1.807) is 0 Å². The second-order valence-corrected chi connectivity index (χ2v) is 3.34. The van der Waals surface area contributed by atoms with E-state index >= 15 is 0 Å². The number of aliphatic hydroxyl groups excluding tert-OH is 2. The Labute approximate surface area is 80.1 Å². The molecule has 0 heterocycles. The molecule has 5 N–H and O–H groups in total. The van der Waals surface area contributed by atoms with Crippen LogP contribution in [0.2, 0.25) is 0 Å². The van der Waals surface area contributed by atoms with E-state index in [0.717, 1.165) is 38.6 Å². The minimum absolute atomic E-state index is 0.256. The molecule has 0 aromatic carbocycles. The largest absolute Gasteiger partial charge is 0.396 e. The van der Waals surface area contributed by atoms with Crippen LogP contribution in [0.4, 0.5) is 0 Å². The molecule has 0 rings (SSSR count). The Morgan fingerprint density at radius 3 is 1.92 bits per heavy atom. The molecule has 13 heavy (non-hydrogen) atoms. The van der Waals surface area contributed by atoms with Crippen molar-refractivity contribution in [2.45, 2.75) is 32.1 Å². The number of hydrogen-bond donors (Lipinski definition) is 4. The lowest BCUT2D eigenvalue weighted by Gasteiger charge is -2.15. The van der Waals surface area contributed by atoms with Gasteiger partial charge in [0.2, 0.25) is 0 Å². The summed E-state index contributed by atoms with van der Waals surface area (Å²) in [6.45, 7) is 1.32. The van der Waals surface area contributed by atoms with Crippen molar-refractivity contribution in [2.75, 3.05) is 19.8 Å². The van der Waals surface area contributed by atoms with E-state index in [1.165, 1.54) is 0 Å². The summed E-state index contributed by atoms with van der Waals surface area (Å²) in [6.07, 6.45) is 4.77. The van der Waals surface area contributed by atoms with Gasteiger partial charge in [0.1, 0.15) is 0 Å². The van der Waals surface area contributed by atoms with Gasteiger partial charge < -0.3 is 10.2 Å². The summed E-state index contributed by atoms with van der Waals surface area (Å²) in [4.78, 5) is 0. The molecule has 0 bridgehead atoms. The maximum atomic E-state index is 8.68. The summed E-state index contributed by atoms with van der Waals surface area (Å²) in [5, 5.41) is 17.4. The Morgan fingerprint density at radius 1 is 1.00 bits per heavy atom. The lowest BCUT2D eigenvalue weighted by Crippen LogP contribution is -2.25. The third-order valence-corrected chi connectivity index (χ3v) is 2.24. The Morgan fingerprint density at radius 2 is 1.54 bits per heavy atom. The number of rotatable bonds is 9. The summed E-state index contributed by atoms with van der Waals surface area (Å²) in [5.41, 5.74) is 2.63. The molecule has 0 atom stereocenters. The molecule has 0 saturated heterocycles. The summed E-state index contributed by atoms with van der Waals surface area (Å²) >= 11 is 0. The molecule has 4 nitrogen and oxygen atoms in total. The second kappa shape index (κ2) is 9.92. The first-order valence-electron chi connectivity index (χ1n) is 5.00.